The lowest BCUT2D eigenvalue weighted by Crippen LogP contribution is -2.30. The highest BCUT2D eigenvalue weighted by atomic mass is 19.4. The maximum absolute atomic E-state index is 12.9. The van der Waals surface area contributed by atoms with E-state index < -0.39 is 23.6 Å². The summed E-state index contributed by atoms with van der Waals surface area (Å²) in [6.45, 7) is -0.268. The Morgan fingerprint density at radius 1 is 0.926 bits per heavy atom. The monoisotopic (exact) mass is 373 g/mol. The van der Waals surface area contributed by atoms with Crippen molar-refractivity contribution < 1.29 is 22.8 Å². The van der Waals surface area contributed by atoms with Crippen LogP contribution in [0.25, 0.3) is 5.69 Å². The van der Waals surface area contributed by atoms with Crippen LogP contribution in [0.15, 0.2) is 48.5 Å². The van der Waals surface area contributed by atoms with Gasteiger partial charge in [0.2, 0.25) is 0 Å². The highest BCUT2D eigenvalue weighted by molar-refractivity contribution is 6.21. The Labute approximate surface area is 150 Å². The zero-order chi connectivity index (χ0) is 19.2. The first-order chi connectivity index (χ1) is 12.9. The second-order valence-electron chi connectivity index (χ2n) is 5.80. The Kier molecular flexibility index (Phi) is 3.76. The summed E-state index contributed by atoms with van der Waals surface area (Å²) in [6.07, 6.45) is -4.52. The molecule has 0 saturated carbocycles. The summed E-state index contributed by atoms with van der Waals surface area (Å²) in [4.78, 5) is 25.8. The fourth-order valence-corrected chi connectivity index (χ4v) is 2.84. The van der Waals surface area contributed by atoms with Crippen LogP contribution in [0.3, 0.4) is 0 Å². The van der Waals surface area contributed by atoms with E-state index in [4.69, 9.17) is 0 Å². The first-order valence-corrected chi connectivity index (χ1v) is 7.76. The Balaban J connectivity index is 1.67. The van der Waals surface area contributed by atoms with Crippen molar-refractivity contribution in [2.75, 3.05) is 0 Å². The quantitative estimate of drug-likeness (QED) is 0.659. The van der Waals surface area contributed by atoms with Gasteiger partial charge in [0.15, 0.2) is 5.82 Å². The van der Waals surface area contributed by atoms with Gasteiger partial charge < -0.3 is 0 Å². The number of carbonyl (C=O) groups excluding carboxylic acids is 2. The van der Waals surface area contributed by atoms with Gasteiger partial charge in [-0.15, -0.1) is 5.10 Å². The fraction of sp³-hybridized carbons (Fsp3) is 0.118. The second-order valence-corrected chi connectivity index (χ2v) is 5.80. The number of halogens is 3. The van der Waals surface area contributed by atoms with Crippen LogP contribution >= 0.6 is 0 Å². The van der Waals surface area contributed by atoms with Crippen LogP contribution in [0.5, 0.6) is 0 Å². The van der Waals surface area contributed by atoms with E-state index in [-0.39, 0.29) is 29.2 Å². The Morgan fingerprint density at radius 2 is 1.59 bits per heavy atom. The normalized spacial score (nSPS) is 14.0. The number of carbonyl (C=O) groups is 2. The Hall–Kier alpha value is -3.56. The summed E-state index contributed by atoms with van der Waals surface area (Å²) in [7, 11) is 0. The van der Waals surface area contributed by atoms with Crippen LogP contribution in [-0.4, -0.2) is 36.9 Å². The molecule has 27 heavy (non-hydrogen) atoms. The molecule has 3 aromatic rings. The fourth-order valence-electron chi connectivity index (χ4n) is 2.84. The molecule has 0 spiro atoms. The van der Waals surface area contributed by atoms with E-state index in [2.05, 4.69) is 15.5 Å². The molecule has 0 radical (unpaired) electrons. The van der Waals surface area contributed by atoms with Crippen molar-refractivity contribution in [2.24, 2.45) is 0 Å². The minimum atomic E-state index is -4.52. The number of aromatic nitrogens is 4. The van der Waals surface area contributed by atoms with E-state index in [0.29, 0.717) is 0 Å². The first-order valence-electron chi connectivity index (χ1n) is 7.76. The van der Waals surface area contributed by atoms with Gasteiger partial charge in [-0.2, -0.15) is 17.9 Å². The molecule has 136 valence electrons. The largest absolute Gasteiger partial charge is 0.416 e. The number of rotatable bonds is 3. The van der Waals surface area contributed by atoms with Crippen molar-refractivity contribution in [3.8, 4) is 5.69 Å². The van der Waals surface area contributed by atoms with Gasteiger partial charge in [0.05, 0.1) is 28.9 Å². The van der Waals surface area contributed by atoms with Gasteiger partial charge in [-0.25, -0.2) is 0 Å². The molecule has 0 N–H and O–H groups in total. The summed E-state index contributed by atoms with van der Waals surface area (Å²) >= 11 is 0. The van der Waals surface area contributed by atoms with E-state index in [1.807, 2.05) is 0 Å². The molecule has 4 rings (SSSR count). The molecule has 2 amide bonds. The van der Waals surface area contributed by atoms with E-state index in [0.717, 1.165) is 21.7 Å². The summed E-state index contributed by atoms with van der Waals surface area (Å²) in [5, 5.41) is 10.9. The minimum absolute atomic E-state index is 0.0591. The molecule has 2 heterocycles. The van der Waals surface area contributed by atoms with Gasteiger partial charge in [-0.3, -0.25) is 14.5 Å². The van der Waals surface area contributed by atoms with Crippen molar-refractivity contribution in [1.82, 2.24) is 25.1 Å². The van der Waals surface area contributed by atoms with Crippen molar-refractivity contribution in [3.63, 3.8) is 0 Å². The first kappa shape index (κ1) is 16.9. The predicted octanol–water partition coefficient (Wildman–Crippen LogP) is 2.48. The highest BCUT2D eigenvalue weighted by Gasteiger charge is 2.36. The SMILES string of the molecule is O=C1c2ccccc2C(=O)N1Cc1nnnn1-c1cccc(C(F)(F)F)c1. The standard InChI is InChI=1S/C17H10F3N5O2/c18-17(19,20)10-4-3-5-11(8-10)25-14(21-22-23-25)9-24-15(26)12-6-1-2-7-13(12)16(24)27/h1-8H,9H2. The zero-order valence-electron chi connectivity index (χ0n) is 13.5. The topological polar surface area (TPSA) is 81.0 Å². The lowest BCUT2D eigenvalue weighted by atomic mass is 10.1. The zero-order valence-corrected chi connectivity index (χ0v) is 13.5. The van der Waals surface area contributed by atoms with Crippen LogP contribution in [0.2, 0.25) is 0 Å². The second kappa shape index (κ2) is 6.01. The van der Waals surface area contributed by atoms with E-state index in [9.17, 15) is 22.8 Å². The van der Waals surface area contributed by atoms with Gasteiger partial charge in [0, 0.05) is 0 Å². The number of nitrogens with zero attached hydrogens (tertiary/aromatic N) is 5. The molecule has 0 atom stereocenters. The number of tetrazole rings is 1. The smallest absolute Gasteiger partial charge is 0.269 e. The van der Waals surface area contributed by atoms with Gasteiger partial charge in [0.1, 0.15) is 0 Å². The third kappa shape index (κ3) is 2.84. The summed E-state index contributed by atoms with van der Waals surface area (Å²) < 4.78 is 39.9. The average Bonchev–Trinajstić information content (AvgIpc) is 3.21. The maximum Gasteiger partial charge on any atom is 0.416 e. The van der Waals surface area contributed by atoms with Crippen molar-refractivity contribution in [3.05, 3.63) is 71.0 Å². The van der Waals surface area contributed by atoms with Crippen molar-refractivity contribution in [1.29, 1.82) is 0 Å². The van der Waals surface area contributed by atoms with Crippen LogP contribution in [0, 0.1) is 0 Å². The molecular formula is C17H10F3N5O2. The number of amides is 2. The number of fused-ring (bicyclic) bond motifs is 1. The van der Waals surface area contributed by atoms with Crippen molar-refractivity contribution >= 4 is 11.8 Å². The Morgan fingerprint density at radius 3 is 2.22 bits per heavy atom. The molecule has 1 aliphatic heterocycles. The Bertz CT molecular complexity index is 1030. The van der Waals surface area contributed by atoms with Crippen LogP contribution in [0.1, 0.15) is 32.1 Å². The highest BCUT2D eigenvalue weighted by Crippen LogP contribution is 2.30. The molecule has 0 unspecified atom stereocenters. The molecule has 0 fully saturated rings. The number of benzene rings is 2. The number of hydrogen-bond donors (Lipinski definition) is 0. The molecule has 0 saturated heterocycles. The number of alkyl halides is 3. The molecule has 10 heteroatoms. The number of imide groups is 1. The molecule has 7 nitrogen and oxygen atoms in total. The molecule has 0 aliphatic carbocycles. The van der Waals surface area contributed by atoms with Crippen LogP contribution < -0.4 is 0 Å². The third-order valence-corrected chi connectivity index (χ3v) is 4.13. The molecule has 1 aliphatic rings. The molecule has 1 aromatic heterocycles. The molecular weight excluding hydrogens is 363 g/mol. The van der Waals surface area contributed by atoms with E-state index in [1.54, 1.807) is 12.1 Å². The predicted molar refractivity (Wildman–Crippen MR) is 84.8 cm³/mol. The molecule has 2 aromatic carbocycles. The summed E-state index contributed by atoms with van der Waals surface area (Å²) in [6, 6.07) is 10.8. The van der Waals surface area contributed by atoms with Crippen molar-refractivity contribution in [2.45, 2.75) is 12.7 Å². The van der Waals surface area contributed by atoms with Crippen LogP contribution in [0.4, 0.5) is 13.2 Å². The lowest BCUT2D eigenvalue weighted by Gasteiger charge is -2.14. The van der Waals surface area contributed by atoms with E-state index >= 15 is 0 Å². The minimum Gasteiger partial charge on any atom is -0.269 e. The van der Waals surface area contributed by atoms with Gasteiger partial charge in [-0.1, -0.05) is 18.2 Å². The lowest BCUT2D eigenvalue weighted by molar-refractivity contribution is -0.137. The van der Waals surface area contributed by atoms with Gasteiger partial charge >= 0.3 is 6.18 Å². The van der Waals surface area contributed by atoms with Gasteiger partial charge in [0.25, 0.3) is 11.8 Å². The summed E-state index contributed by atoms with van der Waals surface area (Å²) in [5.74, 6) is -0.952. The third-order valence-electron chi connectivity index (χ3n) is 4.13. The van der Waals surface area contributed by atoms with E-state index in [1.165, 1.54) is 24.3 Å². The summed E-state index contributed by atoms with van der Waals surface area (Å²) in [5.41, 5.74) is -0.259. The number of hydrogen-bond acceptors (Lipinski definition) is 5. The van der Waals surface area contributed by atoms with Gasteiger partial charge in [-0.05, 0) is 40.8 Å². The van der Waals surface area contributed by atoms with Crippen LogP contribution in [-0.2, 0) is 12.7 Å². The maximum atomic E-state index is 12.9. The average molecular weight is 373 g/mol. The molecule has 0 bridgehead atoms.